The number of carbonyl (C=O) groups excluding carboxylic acids is 1. The molecule has 10 heteroatoms. The lowest BCUT2D eigenvalue weighted by atomic mass is 10.2. The molecule has 0 unspecified atom stereocenters. The largest absolute Gasteiger partial charge is 0.495 e. The van der Waals surface area contributed by atoms with Crippen molar-refractivity contribution < 1.29 is 18.7 Å². The summed E-state index contributed by atoms with van der Waals surface area (Å²) >= 11 is 12.3. The van der Waals surface area contributed by atoms with Gasteiger partial charge in [0.2, 0.25) is 11.1 Å². The fourth-order valence-electron chi connectivity index (χ4n) is 2.82. The first-order chi connectivity index (χ1) is 15.0. The maximum absolute atomic E-state index is 13.8. The van der Waals surface area contributed by atoms with Crippen LogP contribution in [0.25, 0.3) is 6.08 Å². The van der Waals surface area contributed by atoms with E-state index in [0.717, 1.165) is 6.20 Å². The molecule has 1 aliphatic rings. The fourth-order valence-corrected chi connectivity index (χ4v) is 4.23. The van der Waals surface area contributed by atoms with Crippen molar-refractivity contribution >= 4 is 57.6 Å². The van der Waals surface area contributed by atoms with E-state index in [2.05, 4.69) is 9.97 Å². The number of hydrogen-bond donors (Lipinski definition) is 0. The van der Waals surface area contributed by atoms with Gasteiger partial charge in [-0.3, -0.25) is 9.69 Å². The maximum atomic E-state index is 13.8. The summed E-state index contributed by atoms with van der Waals surface area (Å²) in [5.41, 5.74) is 1.24. The first-order valence-electron chi connectivity index (χ1n) is 8.83. The van der Waals surface area contributed by atoms with E-state index in [-0.39, 0.29) is 17.1 Å². The molecule has 1 saturated heterocycles. The zero-order valence-electron chi connectivity index (χ0n) is 15.9. The number of anilines is 1. The van der Waals surface area contributed by atoms with Crippen molar-refractivity contribution in [3.05, 3.63) is 76.3 Å². The highest BCUT2D eigenvalue weighted by Gasteiger charge is 2.34. The van der Waals surface area contributed by atoms with Gasteiger partial charge in [-0.25, -0.2) is 4.98 Å². The number of halogens is 2. The van der Waals surface area contributed by atoms with Crippen molar-refractivity contribution in [2.45, 2.75) is 0 Å². The summed E-state index contributed by atoms with van der Waals surface area (Å²) in [6, 6.07) is 13.9. The Labute approximate surface area is 191 Å². The van der Waals surface area contributed by atoms with E-state index >= 15 is 0 Å². The number of benzene rings is 2. The van der Waals surface area contributed by atoms with Gasteiger partial charge < -0.3 is 9.47 Å². The van der Waals surface area contributed by atoms with Crippen LogP contribution in [0.3, 0.4) is 0 Å². The Morgan fingerprint density at radius 2 is 2.03 bits per heavy atom. The van der Waals surface area contributed by atoms with E-state index < -0.39 is 5.82 Å². The lowest BCUT2D eigenvalue weighted by molar-refractivity contribution is -0.113. The lowest BCUT2D eigenvalue weighted by Gasteiger charge is -2.17. The molecule has 0 spiro atoms. The number of thioether (sulfide) groups is 1. The van der Waals surface area contributed by atoms with Crippen LogP contribution >= 0.6 is 35.6 Å². The zero-order chi connectivity index (χ0) is 22.0. The Hall–Kier alpha value is -3.01. The van der Waals surface area contributed by atoms with Crippen molar-refractivity contribution in [3.63, 3.8) is 0 Å². The second-order valence-corrected chi connectivity index (χ2v) is 8.17. The van der Waals surface area contributed by atoms with Gasteiger partial charge in [0.1, 0.15) is 11.5 Å². The minimum absolute atomic E-state index is 0.132. The number of methoxy groups -OCH3 is 1. The molecule has 31 heavy (non-hydrogen) atoms. The highest BCUT2D eigenvalue weighted by atomic mass is 35.5. The monoisotopic (exact) mass is 473 g/mol. The van der Waals surface area contributed by atoms with Gasteiger partial charge in [-0.1, -0.05) is 48.2 Å². The molecule has 0 N–H and O–H groups in total. The van der Waals surface area contributed by atoms with Gasteiger partial charge >= 0.3 is 0 Å². The van der Waals surface area contributed by atoms with Crippen LogP contribution in [-0.4, -0.2) is 27.3 Å². The molecular weight excluding hydrogens is 461 g/mol. The standard InChI is InChI=1S/C21H13ClFN3O3S2/c1-28-16-8-3-2-7-15(16)26-19(27)17(31-21(26)30)10-12-5-4-6-13(9-12)29-18-14(23)11-24-20(22)25-18/h2-11H,1H3/b17-10+. The topological polar surface area (TPSA) is 64.5 Å². The Morgan fingerprint density at radius 1 is 1.23 bits per heavy atom. The van der Waals surface area contributed by atoms with E-state index in [9.17, 15) is 9.18 Å². The number of rotatable bonds is 5. The highest BCUT2D eigenvalue weighted by molar-refractivity contribution is 8.27. The number of carbonyl (C=O) groups is 1. The third kappa shape index (κ3) is 4.53. The first-order valence-corrected chi connectivity index (χ1v) is 10.4. The summed E-state index contributed by atoms with van der Waals surface area (Å²) in [7, 11) is 1.53. The fraction of sp³-hybridized carbons (Fsp3) is 0.0476. The number of aromatic nitrogens is 2. The SMILES string of the molecule is COc1ccccc1N1C(=O)/C(=C\c2cccc(Oc3nc(Cl)ncc3F)c2)SC1=S. The first kappa shape index (κ1) is 21.2. The number of ether oxygens (including phenoxy) is 2. The summed E-state index contributed by atoms with van der Waals surface area (Å²) in [6.45, 7) is 0. The maximum Gasteiger partial charge on any atom is 0.270 e. The lowest BCUT2D eigenvalue weighted by Crippen LogP contribution is -2.27. The van der Waals surface area contributed by atoms with Crippen LogP contribution in [0.4, 0.5) is 10.1 Å². The second kappa shape index (κ2) is 9.01. The molecule has 0 atom stereocenters. The van der Waals surface area contributed by atoms with Crippen molar-refractivity contribution in [2.24, 2.45) is 0 Å². The molecule has 1 fully saturated rings. The van der Waals surface area contributed by atoms with Crippen molar-refractivity contribution in [1.29, 1.82) is 0 Å². The average Bonchev–Trinajstić information content (AvgIpc) is 3.03. The third-order valence-corrected chi connectivity index (χ3v) is 5.66. The van der Waals surface area contributed by atoms with Gasteiger partial charge in [-0.2, -0.15) is 9.37 Å². The molecule has 3 aromatic rings. The van der Waals surface area contributed by atoms with Gasteiger partial charge in [0.25, 0.3) is 11.8 Å². The molecular formula is C21H13ClFN3O3S2. The highest BCUT2D eigenvalue weighted by Crippen LogP contribution is 2.40. The molecule has 0 aliphatic carbocycles. The van der Waals surface area contributed by atoms with Crippen LogP contribution < -0.4 is 14.4 Å². The Kier molecular flexibility index (Phi) is 6.17. The predicted octanol–water partition coefficient (Wildman–Crippen LogP) is 5.48. The van der Waals surface area contributed by atoms with Crippen LogP contribution in [0, 0.1) is 5.82 Å². The van der Waals surface area contributed by atoms with E-state index in [1.165, 1.54) is 23.8 Å². The quantitative estimate of drug-likeness (QED) is 0.276. The molecule has 1 aliphatic heterocycles. The van der Waals surface area contributed by atoms with Gasteiger partial charge in [-0.05, 0) is 47.5 Å². The summed E-state index contributed by atoms with van der Waals surface area (Å²) in [6.07, 6.45) is 2.61. The third-order valence-electron chi connectivity index (χ3n) is 4.17. The minimum atomic E-state index is -0.743. The van der Waals surface area contributed by atoms with Crippen LogP contribution in [0.1, 0.15) is 5.56 Å². The van der Waals surface area contributed by atoms with Crippen molar-refractivity contribution in [1.82, 2.24) is 9.97 Å². The molecule has 0 radical (unpaired) electrons. The van der Waals surface area contributed by atoms with Gasteiger partial charge in [0.05, 0.1) is 23.9 Å². The van der Waals surface area contributed by atoms with E-state index in [1.807, 2.05) is 6.07 Å². The second-order valence-electron chi connectivity index (χ2n) is 6.16. The van der Waals surface area contributed by atoms with Crippen LogP contribution in [0.5, 0.6) is 17.4 Å². The van der Waals surface area contributed by atoms with Crippen molar-refractivity contribution in [2.75, 3.05) is 12.0 Å². The number of thiocarbonyl (C=S) groups is 1. The molecule has 0 saturated carbocycles. The minimum Gasteiger partial charge on any atom is -0.495 e. The Morgan fingerprint density at radius 3 is 2.84 bits per heavy atom. The summed E-state index contributed by atoms with van der Waals surface area (Å²) in [5.74, 6) is -0.435. The van der Waals surface area contributed by atoms with Gasteiger partial charge in [0.15, 0.2) is 4.32 Å². The van der Waals surface area contributed by atoms with Crippen LogP contribution in [0.15, 0.2) is 59.6 Å². The molecule has 2 aromatic carbocycles. The summed E-state index contributed by atoms with van der Waals surface area (Å²) in [5, 5.41) is -0.132. The average molecular weight is 474 g/mol. The Balaban J connectivity index is 1.61. The van der Waals surface area contributed by atoms with Crippen molar-refractivity contribution in [3.8, 4) is 17.4 Å². The van der Waals surface area contributed by atoms with E-state index in [0.29, 0.717) is 32.0 Å². The molecule has 4 rings (SSSR count). The summed E-state index contributed by atoms with van der Waals surface area (Å²) < 4.78 is 25.1. The molecule has 1 amide bonds. The number of amides is 1. The number of nitrogens with zero attached hydrogens (tertiary/aromatic N) is 3. The van der Waals surface area contributed by atoms with Gasteiger partial charge in [-0.15, -0.1) is 0 Å². The van der Waals surface area contributed by atoms with Crippen LogP contribution in [-0.2, 0) is 4.79 Å². The van der Waals surface area contributed by atoms with Gasteiger partial charge in [0, 0.05) is 0 Å². The molecule has 1 aromatic heterocycles. The smallest absolute Gasteiger partial charge is 0.270 e. The molecule has 2 heterocycles. The zero-order valence-corrected chi connectivity index (χ0v) is 18.3. The molecule has 6 nitrogen and oxygen atoms in total. The number of para-hydroxylation sites is 2. The van der Waals surface area contributed by atoms with E-state index in [1.54, 1.807) is 48.5 Å². The predicted molar refractivity (Wildman–Crippen MR) is 122 cm³/mol. The molecule has 156 valence electrons. The Bertz CT molecular complexity index is 1220. The number of hydrogen-bond acceptors (Lipinski definition) is 7. The van der Waals surface area contributed by atoms with E-state index in [4.69, 9.17) is 33.3 Å². The molecule has 0 bridgehead atoms. The van der Waals surface area contributed by atoms with Crippen LogP contribution in [0.2, 0.25) is 5.28 Å². The normalized spacial score (nSPS) is 14.9. The summed E-state index contributed by atoms with van der Waals surface area (Å²) in [4.78, 5) is 22.2.